The lowest BCUT2D eigenvalue weighted by Gasteiger charge is -2.07. The van der Waals surface area contributed by atoms with Crippen LogP contribution in [0, 0.1) is 0 Å². The summed E-state index contributed by atoms with van der Waals surface area (Å²) < 4.78 is 2.21. The zero-order valence-corrected chi connectivity index (χ0v) is 14.4. The van der Waals surface area contributed by atoms with Crippen molar-refractivity contribution >= 4 is 27.5 Å². The van der Waals surface area contributed by atoms with Crippen LogP contribution in [0.2, 0.25) is 0 Å². The molecule has 0 saturated heterocycles. The van der Waals surface area contributed by atoms with Gasteiger partial charge in [0.05, 0.1) is 5.69 Å². The molecule has 3 rings (SSSR count). The van der Waals surface area contributed by atoms with Crippen molar-refractivity contribution in [3.63, 3.8) is 0 Å². The first-order valence-electron chi connectivity index (χ1n) is 7.25. The molecule has 0 aliphatic carbocycles. The second kappa shape index (κ2) is 6.80. The van der Waals surface area contributed by atoms with Crippen LogP contribution in [-0.2, 0) is 7.05 Å². The largest absolute Gasteiger partial charge is 0.322 e. The van der Waals surface area contributed by atoms with Gasteiger partial charge in [-0.25, -0.2) is 4.68 Å². The molecule has 0 unspecified atom stereocenters. The fraction of sp³-hybridized carbons (Fsp3) is 0.0556. The van der Waals surface area contributed by atoms with E-state index in [0.29, 0.717) is 16.9 Å². The lowest BCUT2D eigenvalue weighted by Crippen LogP contribution is -2.18. The molecule has 1 heterocycles. The van der Waals surface area contributed by atoms with Crippen LogP contribution >= 0.6 is 15.9 Å². The quantitative estimate of drug-likeness (QED) is 0.752. The standard InChI is InChI=1S/C18H14BrN3O2/c1-22-17(23)11-10-16(21-22)12-4-8-15(9-5-12)20-18(24)13-2-6-14(19)7-3-13/h2-11H,1H3,(H,20,24). The summed E-state index contributed by atoms with van der Waals surface area (Å²) >= 11 is 3.34. The zero-order valence-electron chi connectivity index (χ0n) is 12.9. The number of hydrogen-bond donors (Lipinski definition) is 1. The summed E-state index contributed by atoms with van der Waals surface area (Å²) in [6.45, 7) is 0. The molecule has 1 amide bonds. The summed E-state index contributed by atoms with van der Waals surface area (Å²) in [7, 11) is 1.61. The molecule has 0 aliphatic rings. The summed E-state index contributed by atoms with van der Waals surface area (Å²) in [4.78, 5) is 23.6. The molecule has 1 aromatic heterocycles. The Bertz CT molecular complexity index is 932. The van der Waals surface area contributed by atoms with E-state index in [1.54, 1.807) is 37.4 Å². The van der Waals surface area contributed by atoms with Gasteiger partial charge in [-0.05, 0) is 42.5 Å². The fourth-order valence-corrected chi connectivity index (χ4v) is 2.45. The molecule has 0 aliphatic heterocycles. The maximum absolute atomic E-state index is 12.2. The summed E-state index contributed by atoms with van der Waals surface area (Å²) in [5, 5.41) is 7.05. The number of hydrogen-bond acceptors (Lipinski definition) is 3. The number of benzene rings is 2. The highest BCUT2D eigenvalue weighted by Gasteiger charge is 2.07. The molecular formula is C18H14BrN3O2. The molecular weight excluding hydrogens is 370 g/mol. The number of amides is 1. The summed E-state index contributed by atoms with van der Waals surface area (Å²) in [5.74, 6) is -0.171. The van der Waals surface area contributed by atoms with Crippen LogP contribution in [0.15, 0.2) is 69.9 Å². The summed E-state index contributed by atoms with van der Waals surface area (Å²) in [6, 6.07) is 17.6. The first kappa shape index (κ1) is 16.1. The number of carbonyl (C=O) groups is 1. The maximum atomic E-state index is 12.2. The van der Waals surface area contributed by atoms with Gasteiger partial charge < -0.3 is 5.32 Å². The third-order valence-corrected chi connectivity index (χ3v) is 4.03. The van der Waals surface area contributed by atoms with E-state index in [1.165, 1.54) is 10.7 Å². The number of anilines is 1. The Balaban J connectivity index is 1.76. The Morgan fingerprint density at radius 1 is 1.00 bits per heavy atom. The molecule has 5 nitrogen and oxygen atoms in total. The van der Waals surface area contributed by atoms with Gasteiger partial charge >= 0.3 is 0 Å². The molecule has 0 bridgehead atoms. The third-order valence-electron chi connectivity index (χ3n) is 3.51. The molecule has 0 fully saturated rings. The third kappa shape index (κ3) is 3.60. The van der Waals surface area contributed by atoms with Gasteiger partial charge in [-0.15, -0.1) is 0 Å². The van der Waals surface area contributed by atoms with Crippen molar-refractivity contribution < 1.29 is 4.79 Å². The second-order valence-corrected chi connectivity index (χ2v) is 6.13. The van der Waals surface area contributed by atoms with Gasteiger partial charge in [-0.2, -0.15) is 5.10 Å². The maximum Gasteiger partial charge on any atom is 0.266 e. The van der Waals surface area contributed by atoms with Gasteiger partial charge in [0.25, 0.3) is 11.5 Å². The Morgan fingerprint density at radius 2 is 1.67 bits per heavy atom. The predicted octanol–water partition coefficient (Wildman–Crippen LogP) is 3.46. The van der Waals surface area contributed by atoms with E-state index in [0.717, 1.165) is 10.0 Å². The number of carbonyl (C=O) groups excluding carboxylic acids is 1. The number of rotatable bonds is 3. The van der Waals surface area contributed by atoms with Crippen LogP contribution in [0.4, 0.5) is 5.69 Å². The van der Waals surface area contributed by atoms with Crippen molar-refractivity contribution in [2.75, 3.05) is 5.32 Å². The molecule has 24 heavy (non-hydrogen) atoms. The molecule has 0 atom stereocenters. The molecule has 120 valence electrons. The minimum atomic E-state index is -0.171. The van der Waals surface area contributed by atoms with Crippen molar-refractivity contribution in [3.8, 4) is 11.3 Å². The van der Waals surface area contributed by atoms with E-state index in [-0.39, 0.29) is 11.5 Å². The number of halogens is 1. The highest BCUT2D eigenvalue weighted by molar-refractivity contribution is 9.10. The molecule has 0 radical (unpaired) electrons. The van der Waals surface area contributed by atoms with Crippen LogP contribution in [0.1, 0.15) is 10.4 Å². The lowest BCUT2D eigenvalue weighted by molar-refractivity contribution is 0.102. The lowest BCUT2D eigenvalue weighted by atomic mass is 10.1. The van der Waals surface area contributed by atoms with E-state index < -0.39 is 0 Å². The number of nitrogens with one attached hydrogen (secondary N) is 1. The van der Waals surface area contributed by atoms with Crippen molar-refractivity contribution in [1.29, 1.82) is 0 Å². The Kier molecular flexibility index (Phi) is 4.57. The van der Waals surface area contributed by atoms with Crippen molar-refractivity contribution in [2.45, 2.75) is 0 Å². The van der Waals surface area contributed by atoms with Gasteiger partial charge in [-0.3, -0.25) is 9.59 Å². The van der Waals surface area contributed by atoms with E-state index in [9.17, 15) is 9.59 Å². The molecule has 0 spiro atoms. The monoisotopic (exact) mass is 383 g/mol. The highest BCUT2D eigenvalue weighted by atomic mass is 79.9. The average molecular weight is 384 g/mol. The van der Waals surface area contributed by atoms with Gasteiger partial charge in [0.1, 0.15) is 0 Å². The van der Waals surface area contributed by atoms with Gasteiger partial charge in [-0.1, -0.05) is 28.1 Å². The van der Waals surface area contributed by atoms with Crippen LogP contribution < -0.4 is 10.9 Å². The molecule has 0 saturated carbocycles. The second-order valence-electron chi connectivity index (χ2n) is 5.22. The highest BCUT2D eigenvalue weighted by Crippen LogP contribution is 2.19. The smallest absolute Gasteiger partial charge is 0.266 e. The van der Waals surface area contributed by atoms with E-state index >= 15 is 0 Å². The molecule has 1 N–H and O–H groups in total. The molecule has 2 aromatic carbocycles. The Labute approximate surface area is 147 Å². The van der Waals surface area contributed by atoms with E-state index in [1.807, 2.05) is 24.3 Å². The predicted molar refractivity (Wildman–Crippen MR) is 97.0 cm³/mol. The number of nitrogens with zero attached hydrogens (tertiary/aromatic N) is 2. The van der Waals surface area contributed by atoms with Gasteiger partial charge in [0.2, 0.25) is 0 Å². The van der Waals surface area contributed by atoms with Crippen LogP contribution in [0.3, 0.4) is 0 Å². The normalized spacial score (nSPS) is 10.4. The van der Waals surface area contributed by atoms with Crippen molar-refractivity contribution in [3.05, 3.63) is 81.1 Å². The minimum Gasteiger partial charge on any atom is -0.322 e. The first-order chi connectivity index (χ1) is 11.5. The number of aromatic nitrogens is 2. The molecule has 3 aromatic rings. The van der Waals surface area contributed by atoms with Crippen molar-refractivity contribution in [2.24, 2.45) is 7.05 Å². The van der Waals surface area contributed by atoms with Gasteiger partial charge in [0.15, 0.2) is 0 Å². The minimum absolute atomic E-state index is 0.155. The zero-order chi connectivity index (χ0) is 17.1. The first-order valence-corrected chi connectivity index (χ1v) is 8.04. The van der Waals surface area contributed by atoms with Crippen LogP contribution in [0.5, 0.6) is 0 Å². The summed E-state index contributed by atoms with van der Waals surface area (Å²) in [6.07, 6.45) is 0. The average Bonchev–Trinajstić information content (AvgIpc) is 2.58. The van der Waals surface area contributed by atoms with E-state index in [4.69, 9.17) is 0 Å². The van der Waals surface area contributed by atoms with Crippen LogP contribution in [-0.4, -0.2) is 15.7 Å². The Hall–Kier alpha value is -2.73. The topological polar surface area (TPSA) is 64.0 Å². The summed E-state index contributed by atoms with van der Waals surface area (Å²) in [5.41, 5.74) is 2.69. The molecule has 6 heteroatoms. The van der Waals surface area contributed by atoms with Crippen molar-refractivity contribution in [1.82, 2.24) is 9.78 Å². The number of aryl methyl sites for hydroxylation is 1. The van der Waals surface area contributed by atoms with Gasteiger partial charge in [0, 0.05) is 34.4 Å². The van der Waals surface area contributed by atoms with Crippen LogP contribution in [0.25, 0.3) is 11.3 Å². The van der Waals surface area contributed by atoms with E-state index in [2.05, 4.69) is 26.3 Å². The Morgan fingerprint density at radius 3 is 2.29 bits per heavy atom. The SMILES string of the molecule is Cn1nc(-c2ccc(NC(=O)c3ccc(Br)cc3)cc2)ccc1=O. The fourth-order valence-electron chi connectivity index (χ4n) is 2.19.